The summed E-state index contributed by atoms with van der Waals surface area (Å²) in [5.41, 5.74) is 0.648. The van der Waals surface area contributed by atoms with E-state index < -0.39 is 0 Å². The summed E-state index contributed by atoms with van der Waals surface area (Å²) in [5.74, 6) is 0. The number of carbonyl (C=O) groups is 1. The first-order valence-corrected chi connectivity index (χ1v) is 5.35. The summed E-state index contributed by atoms with van der Waals surface area (Å²) in [6.45, 7) is 0. The molecule has 1 aromatic heterocycles. The standard InChI is InChI=1S/C11H16N2O2/c1-15-11-4-2-3-10(5-11)13-7-9(8-14)6-12-13/h6-8,10-11H,2-5H2,1H3. The third-order valence-electron chi connectivity index (χ3n) is 3.06. The van der Waals surface area contributed by atoms with Crippen LogP contribution >= 0.6 is 0 Å². The van der Waals surface area contributed by atoms with Crippen LogP contribution in [0.5, 0.6) is 0 Å². The number of nitrogens with zero attached hydrogens (tertiary/aromatic N) is 2. The fraction of sp³-hybridized carbons (Fsp3) is 0.636. The van der Waals surface area contributed by atoms with E-state index in [0.717, 1.165) is 25.5 Å². The average molecular weight is 208 g/mol. The summed E-state index contributed by atoms with van der Waals surface area (Å²) in [5, 5.41) is 4.21. The lowest BCUT2D eigenvalue weighted by Gasteiger charge is -2.28. The topological polar surface area (TPSA) is 44.1 Å². The van der Waals surface area contributed by atoms with Crippen molar-refractivity contribution >= 4 is 6.29 Å². The highest BCUT2D eigenvalue weighted by molar-refractivity contribution is 5.73. The van der Waals surface area contributed by atoms with Gasteiger partial charge in [-0.25, -0.2) is 0 Å². The van der Waals surface area contributed by atoms with E-state index in [4.69, 9.17) is 4.74 Å². The van der Waals surface area contributed by atoms with Gasteiger partial charge in [0.05, 0.1) is 23.9 Å². The number of rotatable bonds is 3. The molecule has 0 aromatic carbocycles. The Kier molecular flexibility index (Phi) is 3.16. The van der Waals surface area contributed by atoms with Gasteiger partial charge in [0.15, 0.2) is 6.29 Å². The molecule has 15 heavy (non-hydrogen) atoms. The van der Waals surface area contributed by atoms with Crippen LogP contribution in [-0.4, -0.2) is 29.3 Å². The van der Waals surface area contributed by atoms with E-state index in [9.17, 15) is 4.79 Å². The minimum absolute atomic E-state index is 0.340. The second kappa shape index (κ2) is 4.57. The molecule has 2 atom stereocenters. The van der Waals surface area contributed by atoms with Crippen LogP contribution < -0.4 is 0 Å². The Balaban J connectivity index is 2.06. The molecule has 0 aliphatic heterocycles. The zero-order valence-corrected chi connectivity index (χ0v) is 8.93. The highest BCUT2D eigenvalue weighted by Crippen LogP contribution is 2.29. The molecule has 1 saturated carbocycles. The van der Waals surface area contributed by atoms with Crippen molar-refractivity contribution in [3.8, 4) is 0 Å². The maximum Gasteiger partial charge on any atom is 0.153 e. The third-order valence-corrected chi connectivity index (χ3v) is 3.06. The number of methoxy groups -OCH3 is 1. The smallest absolute Gasteiger partial charge is 0.153 e. The van der Waals surface area contributed by atoms with E-state index >= 15 is 0 Å². The number of ether oxygens (including phenoxy) is 1. The van der Waals surface area contributed by atoms with E-state index in [0.29, 0.717) is 17.7 Å². The molecule has 1 aromatic rings. The average Bonchev–Trinajstić information content (AvgIpc) is 2.78. The Morgan fingerprint density at radius 2 is 2.47 bits per heavy atom. The van der Waals surface area contributed by atoms with Crippen molar-refractivity contribution in [2.24, 2.45) is 0 Å². The molecule has 1 heterocycles. The van der Waals surface area contributed by atoms with Crippen LogP contribution in [0.3, 0.4) is 0 Å². The predicted octanol–water partition coefficient (Wildman–Crippen LogP) is 1.83. The van der Waals surface area contributed by atoms with E-state index in [1.807, 2.05) is 10.9 Å². The van der Waals surface area contributed by atoms with Crippen LogP contribution in [0.25, 0.3) is 0 Å². The van der Waals surface area contributed by atoms with Crippen LogP contribution in [0.15, 0.2) is 12.4 Å². The highest BCUT2D eigenvalue weighted by Gasteiger charge is 2.23. The number of carbonyl (C=O) groups excluding carboxylic acids is 1. The summed E-state index contributed by atoms with van der Waals surface area (Å²) in [7, 11) is 1.76. The molecule has 0 amide bonds. The number of aromatic nitrogens is 2. The fourth-order valence-corrected chi connectivity index (χ4v) is 2.19. The summed E-state index contributed by atoms with van der Waals surface area (Å²) >= 11 is 0. The minimum atomic E-state index is 0.340. The molecule has 1 aliphatic rings. The summed E-state index contributed by atoms with van der Waals surface area (Å²) in [4.78, 5) is 10.5. The van der Waals surface area contributed by atoms with Crippen molar-refractivity contribution in [2.75, 3.05) is 7.11 Å². The van der Waals surface area contributed by atoms with Crippen LogP contribution in [0.4, 0.5) is 0 Å². The molecule has 0 bridgehead atoms. The summed E-state index contributed by atoms with van der Waals surface area (Å²) < 4.78 is 7.26. The molecule has 1 aliphatic carbocycles. The maximum atomic E-state index is 10.5. The van der Waals surface area contributed by atoms with Gasteiger partial charge < -0.3 is 4.74 Å². The molecule has 0 spiro atoms. The first-order chi connectivity index (χ1) is 7.33. The van der Waals surface area contributed by atoms with Gasteiger partial charge in [-0.15, -0.1) is 0 Å². The van der Waals surface area contributed by atoms with Gasteiger partial charge in [0.1, 0.15) is 0 Å². The van der Waals surface area contributed by atoms with E-state index in [2.05, 4.69) is 5.10 Å². The monoisotopic (exact) mass is 208 g/mol. The zero-order chi connectivity index (χ0) is 10.7. The predicted molar refractivity (Wildman–Crippen MR) is 55.9 cm³/mol. The third kappa shape index (κ3) is 2.26. The van der Waals surface area contributed by atoms with Crippen molar-refractivity contribution in [3.05, 3.63) is 18.0 Å². The molecular formula is C11H16N2O2. The Labute approximate surface area is 89.2 Å². The van der Waals surface area contributed by atoms with Crippen LogP contribution in [0.1, 0.15) is 42.1 Å². The van der Waals surface area contributed by atoms with Gasteiger partial charge in [0, 0.05) is 13.3 Å². The van der Waals surface area contributed by atoms with Gasteiger partial charge in [0.2, 0.25) is 0 Å². The van der Waals surface area contributed by atoms with Gasteiger partial charge in [-0.2, -0.15) is 5.10 Å². The number of hydrogen-bond donors (Lipinski definition) is 0. The molecule has 1 fully saturated rings. The van der Waals surface area contributed by atoms with Crippen LogP contribution in [0, 0.1) is 0 Å². The van der Waals surface area contributed by atoms with E-state index in [-0.39, 0.29) is 0 Å². The molecular weight excluding hydrogens is 192 g/mol. The Morgan fingerprint density at radius 1 is 1.60 bits per heavy atom. The van der Waals surface area contributed by atoms with Crippen molar-refractivity contribution < 1.29 is 9.53 Å². The lowest BCUT2D eigenvalue weighted by Crippen LogP contribution is -2.24. The van der Waals surface area contributed by atoms with Crippen molar-refractivity contribution in [1.29, 1.82) is 0 Å². The zero-order valence-electron chi connectivity index (χ0n) is 8.93. The van der Waals surface area contributed by atoms with Gasteiger partial charge >= 0.3 is 0 Å². The van der Waals surface area contributed by atoms with E-state index in [1.165, 1.54) is 6.42 Å². The summed E-state index contributed by atoms with van der Waals surface area (Å²) in [6, 6.07) is 0.386. The fourth-order valence-electron chi connectivity index (χ4n) is 2.19. The van der Waals surface area contributed by atoms with Crippen LogP contribution in [0.2, 0.25) is 0 Å². The molecule has 0 saturated heterocycles. The van der Waals surface area contributed by atoms with Gasteiger partial charge in [-0.1, -0.05) is 0 Å². The SMILES string of the molecule is COC1CCCC(n2cc(C=O)cn2)C1. The molecule has 82 valence electrons. The minimum Gasteiger partial charge on any atom is -0.381 e. The first kappa shape index (κ1) is 10.4. The van der Waals surface area contributed by atoms with Gasteiger partial charge in [-0.3, -0.25) is 9.48 Å². The molecule has 0 radical (unpaired) electrons. The van der Waals surface area contributed by atoms with Crippen molar-refractivity contribution in [2.45, 2.75) is 37.8 Å². The first-order valence-electron chi connectivity index (χ1n) is 5.35. The van der Waals surface area contributed by atoms with E-state index in [1.54, 1.807) is 13.3 Å². The Hall–Kier alpha value is -1.16. The van der Waals surface area contributed by atoms with Gasteiger partial charge in [-0.05, 0) is 25.7 Å². The molecule has 4 nitrogen and oxygen atoms in total. The Bertz CT molecular complexity index is 335. The lowest BCUT2D eigenvalue weighted by molar-refractivity contribution is 0.0508. The molecule has 2 rings (SSSR count). The van der Waals surface area contributed by atoms with Crippen molar-refractivity contribution in [1.82, 2.24) is 9.78 Å². The second-order valence-electron chi connectivity index (χ2n) is 4.05. The second-order valence-corrected chi connectivity index (χ2v) is 4.05. The van der Waals surface area contributed by atoms with Gasteiger partial charge in [0.25, 0.3) is 0 Å². The highest BCUT2D eigenvalue weighted by atomic mass is 16.5. The molecule has 2 unspecified atom stereocenters. The Morgan fingerprint density at radius 3 is 3.13 bits per heavy atom. The summed E-state index contributed by atoms with van der Waals surface area (Å²) in [6.07, 6.45) is 9.02. The molecule has 4 heteroatoms. The molecule has 0 N–H and O–H groups in total. The normalized spacial score (nSPS) is 26.5. The maximum absolute atomic E-state index is 10.5. The lowest BCUT2D eigenvalue weighted by atomic mass is 9.93. The van der Waals surface area contributed by atoms with Crippen LogP contribution in [-0.2, 0) is 4.74 Å². The largest absolute Gasteiger partial charge is 0.381 e. The quantitative estimate of drug-likeness (QED) is 0.712. The number of hydrogen-bond acceptors (Lipinski definition) is 3. The van der Waals surface area contributed by atoms with Crippen molar-refractivity contribution in [3.63, 3.8) is 0 Å². The number of aldehydes is 1.